The molecule has 2 aromatic rings. The molecule has 0 radical (unpaired) electrons. The molecule has 0 bridgehead atoms. The van der Waals surface area contributed by atoms with Crippen molar-refractivity contribution in [3.63, 3.8) is 0 Å². The van der Waals surface area contributed by atoms with Crippen molar-refractivity contribution in [2.24, 2.45) is 0 Å². The van der Waals surface area contributed by atoms with Crippen LogP contribution in [-0.4, -0.2) is 51.7 Å². The molecule has 1 amide bonds. The molecule has 1 heterocycles. The van der Waals surface area contributed by atoms with Gasteiger partial charge in [0.2, 0.25) is 10.0 Å². The fourth-order valence-electron chi connectivity index (χ4n) is 3.22. The number of nitrogens with zero attached hydrogens (tertiary/aromatic N) is 1. The van der Waals surface area contributed by atoms with Gasteiger partial charge in [-0.1, -0.05) is 42.5 Å². The van der Waals surface area contributed by atoms with Crippen LogP contribution in [0.15, 0.2) is 54.6 Å². The van der Waals surface area contributed by atoms with Crippen molar-refractivity contribution in [2.75, 3.05) is 37.2 Å². The fraction of sp³-hybridized carbons (Fsp3) is 0.316. The van der Waals surface area contributed by atoms with Gasteiger partial charge in [-0.05, 0) is 12.1 Å². The molecule has 26 heavy (non-hydrogen) atoms. The smallest absolute Gasteiger partial charge is 0.256 e. The van der Waals surface area contributed by atoms with Crippen LogP contribution in [0, 0.1) is 0 Å². The van der Waals surface area contributed by atoms with Gasteiger partial charge in [0.25, 0.3) is 5.91 Å². The molecule has 1 aliphatic rings. The summed E-state index contributed by atoms with van der Waals surface area (Å²) in [5.41, 5.74) is 2.02. The molecule has 2 aromatic carbocycles. The van der Waals surface area contributed by atoms with Gasteiger partial charge in [-0.25, -0.2) is 8.42 Å². The third-order valence-corrected chi connectivity index (χ3v) is 5.10. The quantitative estimate of drug-likeness (QED) is 0.805. The highest BCUT2D eigenvalue weighted by Crippen LogP contribution is 2.18. The number of rotatable bonds is 5. The topological polar surface area (TPSA) is 70.9 Å². The van der Waals surface area contributed by atoms with Crippen LogP contribution in [0.4, 0.5) is 5.69 Å². The van der Waals surface area contributed by atoms with Crippen LogP contribution in [0.25, 0.3) is 0 Å². The predicted octanol–water partition coefficient (Wildman–Crippen LogP) is 0.599. The van der Waals surface area contributed by atoms with Gasteiger partial charge < -0.3 is 9.80 Å². The first-order chi connectivity index (χ1) is 12.4. The van der Waals surface area contributed by atoms with Crippen LogP contribution in [-0.2, 0) is 16.6 Å². The van der Waals surface area contributed by atoms with E-state index in [4.69, 9.17) is 0 Å². The molecule has 7 heteroatoms. The van der Waals surface area contributed by atoms with Crippen molar-refractivity contribution in [1.82, 2.24) is 4.90 Å². The number of hydrogen-bond donors (Lipinski definition) is 2. The second kappa shape index (κ2) is 7.88. The van der Waals surface area contributed by atoms with Gasteiger partial charge in [-0.3, -0.25) is 9.52 Å². The number of benzene rings is 2. The summed E-state index contributed by atoms with van der Waals surface area (Å²) in [5, 5.41) is 0. The Balaban J connectivity index is 1.64. The van der Waals surface area contributed by atoms with Crippen LogP contribution in [0.5, 0.6) is 0 Å². The van der Waals surface area contributed by atoms with E-state index in [-0.39, 0.29) is 5.91 Å². The third kappa shape index (κ3) is 4.83. The monoisotopic (exact) mass is 374 g/mol. The Hall–Kier alpha value is -2.38. The highest BCUT2D eigenvalue weighted by atomic mass is 32.2. The molecule has 6 nitrogen and oxygen atoms in total. The maximum atomic E-state index is 12.9. The minimum absolute atomic E-state index is 0.129. The predicted molar refractivity (Wildman–Crippen MR) is 102 cm³/mol. The van der Waals surface area contributed by atoms with Crippen molar-refractivity contribution in [3.8, 4) is 0 Å². The first kappa shape index (κ1) is 18.4. The van der Waals surface area contributed by atoms with E-state index >= 15 is 0 Å². The number of anilines is 1. The Morgan fingerprint density at radius 3 is 2.31 bits per heavy atom. The molecule has 0 unspecified atom stereocenters. The minimum atomic E-state index is -3.43. The second-order valence-electron chi connectivity index (χ2n) is 6.62. The molecule has 3 rings (SSSR count). The molecule has 0 spiro atoms. The number of carbonyl (C=O) groups excluding carboxylic acids is 1. The lowest BCUT2D eigenvalue weighted by atomic mass is 10.1. The maximum absolute atomic E-state index is 12.9. The molecule has 1 saturated heterocycles. The first-order valence-electron chi connectivity index (χ1n) is 8.66. The lowest BCUT2D eigenvalue weighted by Gasteiger charge is -2.32. The third-order valence-electron chi connectivity index (χ3n) is 4.51. The number of sulfonamides is 1. The largest absolute Gasteiger partial charge is 0.328 e. The first-order valence-corrected chi connectivity index (χ1v) is 10.5. The van der Waals surface area contributed by atoms with Crippen molar-refractivity contribution in [3.05, 3.63) is 65.7 Å². The van der Waals surface area contributed by atoms with E-state index in [1.807, 2.05) is 18.2 Å². The zero-order valence-electron chi connectivity index (χ0n) is 14.8. The zero-order valence-corrected chi connectivity index (χ0v) is 15.6. The molecule has 2 N–H and O–H groups in total. The van der Waals surface area contributed by atoms with E-state index < -0.39 is 10.0 Å². The Labute approximate surface area is 154 Å². The molecular weight excluding hydrogens is 350 g/mol. The number of carbonyl (C=O) groups is 1. The molecule has 0 atom stereocenters. The average molecular weight is 374 g/mol. The summed E-state index contributed by atoms with van der Waals surface area (Å²) >= 11 is 0. The number of piperazine rings is 1. The summed E-state index contributed by atoms with van der Waals surface area (Å²) in [7, 11) is -3.43. The van der Waals surface area contributed by atoms with Crippen molar-refractivity contribution in [2.45, 2.75) is 6.54 Å². The van der Waals surface area contributed by atoms with Crippen LogP contribution in [0.1, 0.15) is 15.9 Å². The van der Waals surface area contributed by atoms with Crippen LogP contribution < -0.4 is 9.62 Å². The van der Waals surface area contributed by atoms with Crippen molar-refractivity contribution >= 4 is 21.6 Å². The van der Waals surface area contributed by atoms with Crippen LogP contribution in [0.2, 0.25) is 0 Å². The summed E-state index contributed by atoms with van der Waals surface area (Å²) < 4.78 is 25.5. The average Bonchev–Trinajstić information content (AvgIpc) is 2.62. The van der Waals surface area contributed by atoms with Crippen molar-refractivity contribution < 1.29 is 18.1 Å². The summed E-state index contributed by atoms with van der Waals surface area (Å²) in [4.78, 5) is 16.1. The van der Waals surface area contributed by atoms with Gasteiger partial charge in [-0.15, -0.1) is 0 Å². The summed E-state index contributed by atoms with van der Waals surface area (Å²) in [6.07, 6.45) is 1.08. The SMILES string of the molecule is CS(=O)(=O)Nc1ccccc1C(=O)N1CC[NH+](Cc2ccccc2)CC1. The molecule has 1 aliphatic heterocycles. The number of para-hydroxylation sites is 1. The van der Waals surface area contributed by atoms with Gasteiger partial charge in [0.1, 0.15) is 6.54 Å². The summed E-state index contributed by atoms with van der Waals surface area (Å²) in [6.45, 7) is 4.03. The highest BCUT2D eigenvalue weighted by molar-refractivity contribution is 7.92. The minimum Gasteiger partial charge on any atom is -0.328 e. The van der Waals surface area contributed by atoms with Crippen LogP contribution in [0.3, 0.4) is 0 Å². The normalized spacial score (nSPS) is 15.7. The van der Waals surface area contributed by atoms with E-state index in [0.717, 1.165) is 25.9 Å². The van der Waals surface area contributed by atoms with E-state index in [9.17, 15) is 13.2 Å². The fourth-order valence-corrected chi connectivity index (χ4v) is 3.79. The van der Waals surface area contributed by atoms with E-state index in [1.165, 1.54) is 10.5 Å². The molecule has 0 aliphatic carbocycles. The summed E-state index contributed by atoms with van der Waals surface area (Å²) in [5.74, 6) is -0.129. The lowest BCUT2D eigenvalue weighted by molar-refractivity contribution is -0.917. The summed E-state index contributed by atoms with van der Waals surface area (Å²) in [6, 6.07) is 17.1. The van der Waals surface area contributed by atoms with Crippen molar-refractivity contribution in [1.29, 1.82) is 0 Å². The Kier molecular flexibility index (Phi) is 5.58. The Morgan fingerprint density at radius 2 is 1.65 bits per heavy atom. The molecule has 138 valence electrons. The van der Waals surface area contributed by atoms with E-state index in [0.29, 0.717) is 24.3 Å². The lowest BCUT2D eigenvalue weighted by Crippen LogP contribution is -3.13. The number of amides is 1. The zero-order chi connectivity index (χ0) is 18.6. The number of nitrogens with one attached hydrogen (secondary N) is 2. The maximum Gasteiger partial charge on any atom is 0.256 e. The highest BCUT2D eigenvalue weighted by Gasteiger charge is 2.26. The Morgan fingerprint density at radius 1 is 1.04 bits per heavy atom. The van der Waals surface area contributed by atoms with Gasteiger partial charge in [0.15, 0.2) is 0 Å². The molecule has 1 fully saturated rings. The standard InChI is InChI=1S/C19H23N3O3S/c1-26(24,25)20-18-10-6-5-9-17(18)19(23)22-13-11-21(12-14-22)15-16-7-3-2-4-8-16/h2-10,20H,11-15H2,1H3/p+1. The Bertz CT molecular complexity index is 861. The number of hydrogen-bond acceptors (Lipinski definition) is 3. The van der Waals surface area contributed by atoms with Gasteiger partial charge >= 0.3 is 0 Å². The number of quaternary nitrogens is 1. The van der Waals surface area contributed by atoms with Gasteiger partial charge in [-0.2, -0.15) is 0 Å². The molecule has 0 aromatic heterocycles. The van der Waals surface area contributed by atoms with Crippen LogP contribution >= 0.6 is 0 Å². The second-order valence-corrected chi connectivity index (χ2v) is 8.37. The van der Waals surface area contributed by atoms with Gasteiger partial charge in [0, 0.05) is 5.56 Å². The van der Waals surface area contributed by atoms with E-state index in [1.54, 1.807) is 29.2 Å². The van der Waals surface area contributed by atoms with E-state index in [2.05, 4.69) is 16.9 Å². The molecule has 0 saturated carbocycles. The molecular formula is C19H24N3O3S+. The van der Waals surface area contributed by atoms with Gasteiger partial charge in [0.05, 0.1) is 43.7 Å².